The number of hydrogen-bond donors (Lipinski definition) is 0. The summed E-state index contributed by atoms with van der Waals surface area (Å²) in [6, 6.07) is 5.32. The van der Waals surface area contributed by atoms with Gasteiger partial charge in [0.25, 0.3) is 0 Å². The average Bonchev–Trinajstić information content (AvgIpc) is 3.84. The van der Waals surface area contributed by atoms with E-state index in [0.717, 1.165) is 0 Å². The molecule has 5 rings (SSSR count). The summed E-state index contributed by atoms with van der Waals surface area (Å²) in [4.78, 5) is 45.6. The standard InChI is InChI=1S/C33H36Cl2F6N4O3/c1-19(46)44-9-4-20(5-10-44)29(47)45-11-6-28(27(18-45)21-12-25(34)17-26(35)13-21)42(2)30(48)43(3)31(7-8-31)22-14-23(32(36,37)38)16-24(15-22)33(39,40)41/h12-17,20,27-28H,4-11,18H2,1-3H3/t27-,28+/m0/s1. The van der Waals surface area contributed by atoms with Gasteiger partial charge in [0, 0.05) is 75.1 Å². The zero-order valence-electron chi connectivity index (χ0n) is 26.6. The topological polar surface area (TPSA) is 64.2 Å². The molecule has 0 unspecified atom stereocenters. The largest absolute Gasteiger partial charge is 0.416 e. The molecule has 1 saturated carbocycles. The molecule has 2 heterocycles. The van der Waals surface area contributed by atoms with Crippen molar-refractivity contribution in [1.29, 1.82) is 0 Å². The van der Waals surface area contributed by atoms with E-state index >= 15 is 0 Å². The van der Waals surface area contributed by atoms with Gasteiger partial charge in [0.15, 0.2) is 0 Å². The second-order valence-corrected chi connectivity index (χ2v) is 13.9. The molecule has 1 aliphatic carbocycles. The second-order valence-electron chi connectivity index (χ2n) is 13.0. The van der Waals surface area contributed by atoms with Crippen LogP contribution < -0.4 is 0 Å². The third-order valence-corrected chi connectivity index (χ3v) is 10.5. The van der Waals surface area contributed by atoms with Gasteiger partial charge in [-0.2, -0.15) is 26.3 Å². The van der Waals surface area contributed by atoms with Gasteiger partial charge in [-0.3, -0.25) is 9.59 Å². The molecule has 3 aliphatic rings. The Morgan fingerprint density at radius 1 is 0.792 bits per heavy atom. The number of carbonyl (C=O) groups excluding carboxylic acids is 3. The number of hydrogen-bond acceptors (Lipinski definition) is 3. The van der Waals surface area contributed by atoms with E-state index < -0.39 is 47.0 Å². The van der Waals surface area contributed by atoms with Crippen molar-refractivity contribution < 1.29 is 40.7 Å². The highest BCUT2D eigenvalue weighted by molar-refractivity contribution is 6.34. The number of rotatable bonds is 5. The van der Waals surface area contributed by atoms with E-state index in [0.29, 0.717) is 66.6 Å². The summed E-state index contributed by atoms with van der Waals surface area (Å²) in [6.45, 7) is 3.00. The Balaban J connectivity index is 1.41. The molecule has 2 aromatic rings. The van der Waals surface area contributed by atoms with Crippen LogP contribution in [0.2, 0.25) is 10.0 Å². The van der Waals surface area contributed by atoms with Crippen LogP contribution in [0, 0.1) is 5.92 Å². The minimum Gasteiger partial charge on any atom is -0.343 e. The second kappa shape index (κ2) is 13.3. The summed E-state index contributed by atoms with van der Waals surface area (Å²) in [5.41, 5.74) is -3.78. The van der Waals surface area contributed by atoms with Gasteiger partial charge in [-0.15, -0.1) is 0 Å². The van der Waals surface area contributed by atoms with E-state index in [1.54, 1.807) is 35.0 Å². The lowest BCUT2D eigenvalue weighted by molar-refractivity contribution is -0.143. The van der Waals surface area contributed by atoms with Crippen molar-refractivity contribution >= 4 is 41.0 Å². The SMILES string of the molecule is CC(=O)N1CCC(C(=O)N2CC[C@@H](N(C)C(=O)N(C)C3(c4cc(C(F)(F)F)cc(C(F)(F)F)c4)CC3)[C@H](c3cc(Cl)cc(Cl)c3)C2)CC1. The first-order valence-corrected chi connectivity index (χ1v) is 16.4. The van der Waals surface area contributed by atoms with Crippen molar-refractivity contribution in [3.8, 4) is 0 Å². The highest BCUT2D eigenvalue weighted by Gasteiger charge is 2.53. The molecule has 4 amide bonds. The van der Waals surface area contributed by atoms with Gasteiger partial charge in [-0.25, -0.2) is 4.79 Å². The lowest BCUT2D eigenvalue weighted by Gasteiger charge is -2.45. The summed E-state index contributed by atoms with van der Waals surface area (Å²) in [7, 11) is 2.93. The van der Waals surface area contributed by atoms with E-state index in [-0.39, 0.29) is 48.7 Å². The number of nitrogens with zero attached hydrogens (tertiary/aromatic N) is 4. The Bertz CT molecular complexity index is 1520. The fourth-order valence-electron chi connectivity index (χ4n) is 7.14. The van der Waals surface area contributed by atoms with E-state index in [1.807, 2.05) is 0 Å². The van der Waals surface area contributed by atoms with E-state index in [4.69, 9.17) is 23.2 Å². The first-order valence-electron chi connectivity index (χ1n) is 15.6. The molecule has 0 N–H and O–H groups in total. The number of amides is 4. The predicted octanol–water partition coefficient (Wildman–Crippen LogP) is 7.65. The third-order valence-electron chi connectivity index (χ3n) is 10.1. The number of alkyl halides is 6. The van der Waals surface area contributed by atoms with Gasteiger partial charge < -0.3 is 19.6 Å². The van der Waals surface area contributed by atoms with Crippen LogP contribution in [0.5, 0.6) is 0 Å². The number of piperidine rings is 2. The minimum absolute atomic E-state index is 0.0425. The molecule has 0 bridgehead atoms. The van der Waals surface area contributed by atoms with Crippen molar-refractivity contribution in [2.45, 2.75) is 68.9 Å². The summed E-state index contributed by atoms with van der Waals surface area (Å²) < 4.78 is 82.0. The van der Waals surface area contributed by atoms with Crippen LogP contribution in [0.1, 0.15) is 67.2 Å². The van der Waals surface area contributed by atoms with Crippen LogP contribution in [-0.2, 0) is 27.5 Å². The van der Waals surface area contributed by atoms with Crippen molar-refractivity contribution in [3.05, 3.63) is 68.7 Å². The molecule has 2 aromatic carbocycles. The molecule has 2 saturated heterocycles. The van der Waals surface area contributed by atoms with Crippen LogP contribution in [-0.4, -0.2) is 83.8 Å². The molecular formula is C33H36Cl2F6N4O3. The highest BCUT2D eigenvalue weighted by Crippen LogP contribution is 2.53. The van der Waals surface area contributed by atoms with E-state index in [9.17, 15) is 40.7 Å². The third kappa shape index (κ3) is 7.36. The fourth-order valence-corrected chi connectivity index (χ4v) is 7.68. The van der Waals surface area contributed by atoms with Crippen molar-refractivity contribution in [2.75, 3.05) is 40.3 Å². The summed E-state index contributed by atoms with van der Waals surface area (Å²) in [5, 5.41) is 0.703. The molecule has 0 spiro atoms. The maximum Gasteiger partial charge on any atom is 0.416 e. The van der Waals surface area contributed by atoms with Crippen molar-refractivity contribution in [2.24, 2.45) is 5.92 Å². The molecular weight excluding hydrogens is 685 g/mol. The molecule has 262 valence electrons. The molecule has 15 heteroatoms. The van der Waals surface area contributed by atoms with Gasteiger partial charge in [0.05, 0.1) is 16.7 Å². The Morgan fingerprint density at radius 3 is 1.79 bits per heavy atom. The quantitative estimate of drug-likeness (QED) is 0.298. The monoisotopic (exact) mass is 720 g/mol. The van der Waals surface area contributed by atoms with Gasteiger partial charge >= 0.3 is 18.4 Å². The highest BCUT2D eigenvalue weighted by atomic mass is 35.5. The van der Waals surface area contributed by atoms with Gasteiger partial charge in [0.2, 0.25) is 11.8 Å². The smallest absolute Gasteiger partial charge is 0.343 e. The van der Waals surface area contributed by atoms with Crippen LogP contribution in [0.15, 0.2) is 36.4 Å². The first kappa shape index (κ1) is 36.1. The summed E-state index contributed by atoms with van der Waals surface area (Å²) in [5.74, 6) is -0.823. The van der Waals surface area contributed by atoms with Crippen LogP contribution >= 0.6 is 23.2 Å². The van der Waals surface area contributed by atoms with Crippen molar-refractivity contribution in [1.82, 2.24) is 19.6 Å². The Kier molecular flexibility index (Phi) is 9.97. The van der Waals surface area contributed by atoms with Crippen LogP contribution in [0.3, 0.4) is 0 Å². The van der Waals surface area contributed by atoms with E-state index in [1.165, 1.54) is 23.8 Å². The molecule has 3 fully saturated rings. The number of benzene rings is 2. The number of urea groups is 1. The Labute approximate surface area is 284 Å². The van der Waals surface area contributed by atoms with Crippen LogP contribution in [0.25, 0.3) is 0 Å². The lowest BCUT2D eigenvalue weighted by atomic mass is 9.84. The molecule has 0 aromatic heterocycles. The predicted molar refractivity (Wildman–Crippen MR) is 167 cm³/mol. The van der Waals surface area contributed by atoms with Crippen LogP contribution in [0.4, 0.5) is 31.1 Å². The fraction of sp³-hybridized carbons (Fsp3) is 0.545. The Hall–Kier alpha value is -3.19. The maximum absolute atomic E-state index is 14.1. The molecule has 2 aliphatic heterocycles. The zero-order chi connectivity index (χ0) is 35.3. The van der Waals surface area contributed by atoms with Gasteiger partial charge in [-0.1, -0.05) is 23.2 Å². The number of likely N-dealkylation sites (tertiary alicyclic amines) is 2. The molecule has 2 atom stereocenters. The molecule has 0 radical (unpaired) electrons. The average molecular weight is 722 g/mol. The normalized spacial score (nSPS) is 21.6. The first-order chi connectivity index (χ1) is 22.3. The van der Waals surface area contributed by atoms with E-state index in [2.05, 4.69) is 0 Å². The molecule has 48 heavy (non-hydrogen) atoms. The number of carbonyl (C=O) groups is 3. The Morgan fingerprint density at radius 2 is 1.31 bits per heavy atom. The maximum atomic E-state index is 14.1. The minimum atomic E-state index is -5.02. The number of halogens is 8. The zero-order valence-corrected chi connectivity index (χ0v) is 28.1. The van der Waals surface area contributed by atoms with Gasteiger partial charge in [-0.05, 0) is 79.6 Å². The summed E-state index contributed by atoms with van der Waals surface area (Å²) in [6.07, 6.45) is -8.27. The number of likely N-dealkylation sites (N-methyl/N-ethyl adjacent to an activating group) is 1. The van der Waals surface area contributed by atoms with Crippen molar-refractivity contribution in [3.63, 3.8) is 0 Å². The molecule has 7 nitrogen and oxygen atoms in total. The van der Waals surface area contributed by atoms with Gasteiger partial charge in [0.1, 0.15) is 0 Å². The lowest BCUT2D eigenvalue weighted by Crippen LogP contribution is -2.56. The summed E-state index contributed by atoms with van der Waals surface area (Å²) >= 11 is 12.7.